The molecule has 1 aliphatic carbocycles. The van der Waals surface area contributed by atoms with Crippen LogP contribution in [0.15, 0.2) is 55.0 Å². The molecule has 2 amide bonds. The van der Waals surface area contributed by atoms with E-state index in [1.165, 1.54) is 18.5 Å². The first kappa shape index (κ1) is 23.3. The van der Waals surface area contributed by atoms with Gasteiger partial charge in [-0.05, 0) is 43.5 Å². The van der Waals surface area contributed by atoms with Gasteiger partial charge in [0.15, 0.2) is 5.60 Å². The van der Waals surface area contributed by atoms with Crippen LogP contribution in [0.1, 0.15) is 58.2 Å². The lowest BCUT2D eigenvalue weighted by molar-refractivity contribution is -0.134. The van der Waals surface area contributed by atoms with E-state index in [4.69, 9.17) is 4.74 Å². The van der Waals surface area contributed by atoms with Gasteiger partial charge in [-0.3, -0.25) is 19.6 Å². The summed E-state index contributed by atoms with van der Waals surface area (Å²) in [4.78, 5) is 47.9. The molecule has 0 unspecified atom stereocenters. The van der Waals surface area contributed by atoms with Crippen LogP contribution in [0.3, 0.4) is 0 Å². The zero-order valence-electron chi connectivity index (χ0n) is 20.3. The largest absolute Gasteiger partial charge is 0.449 e. The molecular formula is C28H25FN4O4. The van der Waals surface area contributed by atoms with Crippen LogP contribution in [0.25, 0.3) is 11.1 Å². The van der Waals surface area contributed by atoms with E-state index in [9.17, 15) is 14.4 Å². The van der Waals surface area contributed by atoms with Gasteiger partial charge in [0.25, 0.3) is 5.91 Å². The number of benzene rings is 1. The minimum atomic E-state index is -0.905. The smallest absolute Gasteiger partial charge is 0.341 e. The number of carbonyl (C=O) groups is 3. The number of amides is 2. The average molecular weight is 501 g/mol. The summed E-state index contributed by atoms with van der Waals surface area (Å²) in [6.45, 7) is 3.01. The molecule has 3 aromatic rings. The number of fused-ring (bicyclic) bond motifs is 2. The molecule has 0 bridgehead atoms. The van der Waals surface area contributed by atoms with Gasteiger partial charge in [0.05, 0.1) is 17.5 Å². The summed E-state index contributed by atoms with van der Waals surface area (Å²) in [5.41, 5.74) is 1.38. The first-order valence-corrected chi connectivity index (χ1v) is 12.4. The Morgan fingerprint density at radius 2 is 1.89 bits per heavy atom. The number of halogens is 1. The molecule has 6 rings (SSSR count). The molecule has 2 aliphatic heterocycles. The monoisotopic (exact) mass is 500 g/mol. The maximum atomic E-state index is 15.4. The fourth-order valence-electron chi connectivity index (χ4n) is 5.56. The number of rotatable bonds is 5. The molecule has 2 fully saturated rings. The van der Waals surface area contributed by atoms with Crippen molar-refractivity contribution in [1.29, 1.82) is 0 Å². The molecule has 1 saturated heterocycles. The summed E-state index contributed by atoms with van der Waals surface area (Å²) < 4.78 is 21.2. The number of nitrogens with one attached hydrogen (secondary N) is 1. The number of ether oxygens (including phenoxy) is 1. The lowest BCUT2D eigenvalue weighted by Gasteiger charge is -2.27. The minimum Gasteiger partial charge on any atom is -0.449 e. The van der Waals surface area contributed by atoms with E-state index in [2.05, 4.69) is 15.3 Å². The Labute approximate surface area is 212 Å². The van der Waals surface area contributed by atoms with Crippen LogP contribution in [0.2, 0.25) is 0 Å². The van der Waals surface area contributed by atoms with Crippen molar-refractivity contribution in [2.75, 3.05) is 19.6 Å². The van der Waals surface area contributed by atoms with Crippen molar-refractivity contribution in [1.82, 2.24) is 20.2 Å². The van der Waals surface area contributed by atoms with Crippen molar-refractivity contribution >= 4 is 17.8 Å². The lowest BCUT2D eigenvalue weighted by atomic mass is 9.91. The van der Waals surface area contributed by atoms with Crippen LogP contribution in [0.5, 0.6) is 0 Å². The topological polar surface area (TPSA) is 101 Å². The van der Waals surface area contributed by atoms with E-state index in [-0.39, 0.29) is 18.4 Å². The van der Waals surface area contributed by atoms with Gasteiger partial charge in [-0.1, -0.05) is 18.2 Å². The van der Waals surface area contributed by atoms with Crippen LogP contribution in [0.4, 0.5) is 4.39 Å². The van der Waals surface area contributed by atoms with Gasteiger partial charge < -0.3 is 15.0 Å². The highest BCUT2D eigenvalue weighted by Crippen LogP contribution is 2.52. The Balaban J connectivity index is 1.22. The number of pyridine rings is 2. The quantitative estimate of drug-likeness (QED) is 0.539. The van der Waals surface area contributed by atoms with Crippen molar-refractivity contribution in [2.24, 2.45) is 0 Å². The molecule has 9 heteroatoms. The first-order valence-electron chi connectivity index (χ1n) is 12.4. The molecule has 8 nitrogen and oxygen atoms in total. The van der Waals surface area contributed by atoms with Gasteiger partial charge in [0.1, 0.15) is 11.5 Å². The number of hydrogen-bond donors (Lipinski definition) is 1. The highest BCUT2D eigenvalue weighted by molar-refractivity contribution is 5.96. The van der Waals surface area contributed by atoms with Crippen LogP contribution < -0.4 is 5.32 Å². The number of aromatic nitrogens is 2. The Bertz CT molecular complexity index is 1440. The number of likely N-dealkylation sites (tertiary alicyclic amines) is 1. The van der Waals surface area contributed by atoms with E-state index in [1.54, 1.807) is 41.4 Å². The Kier molecular flexibility index (Phi) is 5.33. The molecule has 4 heterocycles. The third-order valence-corrected chi connectivity index (χ3v) is 7.65. The average Bonchev–Trinajstić information content (AvgIpc) is 3.53. The summed E-state index contributed by atoms with van der Waals surface area (Å²) >= 11 is 0. The Hall–Kier alpha value is -4.14. The maximum absolute atomic E-state index is 15.4. The van der Waals surface area contributed by atoms with Gasteiger partial charge in [0.2, 0.25) is 5.91 Å². The highest BCUT2D eigenvalue weighted by atomic mass is 19.1. The van der Waals surface area contributed by atoms with Crippen molar-refractivity contribution in [3.63, 3.8) is 0 Å². The molecule has 1 saturated carbocycles. The zero-order chi connectivity index (χ0) is 25.8. The first-order chi connectivity index (χ1) is 17.9. The van der Waals surface area contributed by atoms with Gasteiger partial charge in [-0.25, -0.2) is 9.18 Å². The molecule has 2 aromatic heterocycles. The summed E-state index contributed by atoms with van der Waals surface area (Å²) in [7, 11) is 0. The van der Waals surface area contributed by atoms with Crippen molar-refractivity contribution in [3.8, 4) is 11.1 Å². The Morgan fingerprint density at radius 1 is 1.08 bits per heavy atom. The molecular weight excluding hydrogens is 475 g/mol. The second kappa shape index (κ2) is 8.47. The molecule has 0 radical (unpaired) electrons. The number of carbonyl (C=O) groups excluding carboxylic acids is 3. The molecule has 3 aliphatic rings. The van der Waals surface area contributed by atoms with Crippen molar-refractivity contribution < 1.29 is 23.5 Å². The van der Waals surface area contributed by atoms with Gasteiger partial charge in [-0.2, -0.15) is 0 Å². The fraction of sp³-hybridized carbons (Fsp3) is 0.321. The predicted molar refractivity (Wildman–Crippen MR) is 131 cm³/mol. The van der Waals surface area contributed by atoms with Gasteiger partial charge in [0, 0.05) is 54.8 Å². The second-order valence-electron chi connectivity index (χ2n) is 9.85. The molecule has 188 valence electrons. The van der Waals surface area contributed by atoms with E-state index >= 15 is 4.39 Å². The van der Waals surface area contributed by atoms with Crippen LogP contribution in [-0.4, -0.2) is 52.3 Å². The zero-order valence-corrected chi connectivity index (χ0v) is 20.3. The van der Waals surface area contributed by atoms with Gasteiger partial charge in [-0.15, -0.1) is 0 Å². The normalized spacial score (nSPS) is 21.0. The highest BCUT2D eigenvalue weighted by Gasteiger charge is 2.58. The molecule has 1 N–H and O–H groups in total. The van der Waals surface area contributed by atoms with Gasteiger partial charge >= 0.3 is 5.97 Å². The van der Waals surface area contributed by atoms with Crippen molar-refractivity contribution in [2.45, 2.75) is 37.2 Å². The predicted octanol–water partition coefficient (Wildman–Crippen LogP) is 3.36. The number of nitrogens with zero attached hydrogens (tertiary/aromatic N) is 3. The molecule has 1 aromatic carbocycles. The van der Waals surface area contributed by atoms with Crippen LogP contribution in [-0.2, 0) is 20.5 Å². The third kappa shape index (κ3) is 3.68. The maximum Gasteiger partial charge on any atom is 0.341 e. The lowest BCUT2D eigenvalue weighted by Crippen LogP contribution is -2.40. The van der Waals surface area contributed by atoms with Crippen LogP contribution in [0, 0.1) is 5.82 Å². The van der Waals surface area contributed by atoms with E-state index in [1.807, 2.05) is 6.92 Å². The van der Waals surface area contributed by atoms with E-state index in [0.29, 0.717) is 60.3 Å². The fourth-order valence-corrected chi connectivity index (χ4v) is 5.56. The SMILES string of the molecule is CCNC(=O)c1ccc(-c2ccc(C3(C(=O)N4CC[C@@]5(C4)OC(=O)c4cnccc45)CC3)c(F)c2)cn1. The van der Waals surface area contributed by atoms with Crippen molar-refractivity contribution in [3.05, 3.63) is 83.2 Å². The Morgan fingerprint density at radius 3 is 2.59 bits per heavy atom. The number of hydrogen-bond acceptors (Lipinski definition) is 6. The second-order valence-corrected chi connectivity index (χ2v) is 9.85. The molecule has 1 atom stereocenters. The standard InChI is InChI=1S/C28H25FN4O4/c1-2-31-24(34)23-6-4-18(14-32-23)17-3-5-21(22(29)13-17)27(8-9-27)26(36)33-12-10-28(16-33)20-7-11-30-15-19(20)25(35)37-28/h3-7,11,13-15H,2,8-10,12,16H2,1H3,(H,31,34)/t28-/m0/s1. The summed E-state index contributed by atoms with van der Waals surface area (Å²) in [5, 5.41) is 2.69. The third-order valence-electron chi connectivity index (χ3n) is 7.65. The van der Waals surface area contributed by atoms with E-state index < -0.39 is 22.8 Å². The van der Waals surface area contributed by atoms with Crippen LogP contribution >= 0.6 is 0 Å². The summed E-state index contributed by atoms with van der Waals surface area (Å²) in [6, 6.07) is 9.98. The molecule has 37 heavy (non-hydrogen) atoms. The summed E-state index contributed by atoms with van der Waals surface area (Å²) in [5.74, 6) is -1.27. The number of esters is 1. The van der Waals surface area contributed by atoms with E-state index in [0.717, 1.165) is 5.56 Å². The molecule has 1 spiro atoms. The summed E-state index contributed by atoms with van der Waals surface area (Å²) in [6.07, 6.45) is 6.28. The minimum absolute atomic E-state index is 0.137.